The largest absolute Gasteiger partial charge is 0.381 e. The molecule has 0 aliphatic heterocycles. The number of methoxy groups -OCH3 is 1. The first-order chi connectivity index (χ1) is 7.28. The van der Waals surface area contributed by atoms with Gasteiger partial charge in [0.15, 0.2) is 0 Å². The maximum absolute atomic E-state index is 5.44. The molecule has 1 aliphatic carbocycles. The lowest BCUT2D eigenvalue weighted by Gasteiger charge is -2.08. The van der Waals surface area contributed by atoms with Crippen LogP contribution in [0.25, 0.3) is 0 Å². The van der Waals surface area contributed by atoms with Gasteiger partial charge in [0.2, 0.25) is 0 Å². The molecule has 0 bridgehead atoms. The average Bonchev–Trinajstić information content (AvgIpc) is 2.68. The van der Waals surface area contributed by atoms with Crippen LogP contribution >= 0.6 is 0 Å². The maximum atomic E-state index is 5.44. The fraction of sp³-hybridized carbons (Fsp3) is 0.571. The summed E-state index contributed by atoms with van der Waals surface area (Å²) < 4.78 is 5.44. The molecule has 1 heteroatoms. The Morgan fingerprint density at radius 2 is 1.53 bits per heavy atom. The second-order valence-corrected chi connectivity index (χ2v) is 4.36. The Kier molecular flexibility index (Phi) is 3.11. The van der Waals surface area contributed by atoms with Crippen LogP contribution in [0.15, 0.2) is 12.1 Å². The van der Waals surface area contributed by atoms with E-state index >= 15 is 0 Å². The Bertz CT molecular complexity index is 322. The van der Waals surface area contributed by atoms with Crippen LogP contribution in [-0.4, -0.2) is 13.2 Å². The quantitative estimate of drug-likeness (QED) is 0.735. The average molecular weight is 204 g/mol. The fourth-order valence-corrected chi connectivity index (χ4v) is 2.56. The van der Waals surface area contributed by atoms with Crippen LogP contribution in [0.5, 0.6) is 0 Å². The highest BCUT2D eigenvalue weighted by Crippen LogP contribution is 2.27. The topological polar surface area (TPSA) is 9.23 Å². The predicted octanol–water partition coefficient (Wildman–Crippen LogP) is 2.93. The minimum atomic E-state index is 0.414. The van der Waals surface area contributed by atoms with Crippen LogP contribution in [0.1, 0.15) is 36.1 Å². The Labute approximate surface area is 92.5 Å². The molecule has 0 heterocycles. The molecule has 1 aromatic rings. The van der Waals surface area contributed by atoms with Gasteiger partial charge in [-0.25, -0.2) is 0 Å². The van der Waals surface area contributed by atoms with Crippen molar-refractivity contribution in [2.75, 3.05) is 7.11 Å². The highest BCUT2D eigenvalue weighted by atomic mass is 16.5. The molecule has 82 valence electrons. The van der Waals surface area contributed by atoms with Gasteiger partial charge in [-0.3, -0.25) is 0 Å². The van der Waals surface area contributed by atoms with E-state index in [0.29, 0.717) is 6.10 Å². The normalized spacial score (nSPS) is 15.7. The molecule has 15 heavy (non-hydrogen) atoms. The van der Waals surface area contributed by atoms with Crippen molar-refractivity contribution in [3.05, 3.63) is 34.4 Å². The molecule has 0 N–H and O–H groups in total. The zero-order valence-corrected chi connectivity index (χ0v) is 9.97. The van der Waals surface area contributed by atoms with Gasteiger partial charge in [-0.1, -0.05) is 26.0 Å². The molecule has 2 rings (SSSR count). The molecular formula is C14H20O. The van der Waals surface area contributed by atoms with E-state index in [1.807, 2.05) is 7.11 Å². The standard InChI is InChI=1S/C14H20O/c1-4-10-6-12-8-14(15-3)9-13(12)7-11(10)5-2/h6-7,14H,4-5,8-9H2,1-3H3. The molecular weight excluding hydrogens is 184 g/mol. The molecule has 0 radical (unpaired) electrons. The minimum absolute atomic E-state index is 0.414. The van der Waals surface area contributed by atoms with Gasteiger partial charge in [0.1, 0.15) is 0 Å². The summed E-state index contributed by atoms with van der Waals surface area (Å²) in [5, 5.41) is 0. The van der Waals surface area contributed by atoms with Crippen LogP contribution in [0.2, 0.25) is 0 Å². The molecule has 0 spiro atoms. The lowest BCUT2D eigenvalue weighted by Crippen LogP contribution is -2.08. The predicted molar refractivity (Wildman–Crippen MR) is 63.4 cm³/mol. The smallest absolute Gasteiger partial charge is 0.0652 e. The van der Waals surface area contributed by atoms with Crippen molar-refractivity contribution in [2.45, 2.75) is 45.6 Å². The minimum Gasteiger partial charge on any atom is -0.381 e. The van der Waals surface area contributed by atoms with E-state index in [-0.39, 0.29) is 0 Å². The van der Waals surface area contributed by atoms with E-state index in [2.05, 4.69) is 26.0 Å². The Hall–Kier alpha value is -0.820. The van der Waals surface area contributed by atoms with Crippen molar-refractivity contribution in [3.63, 3.8) is 0 Å². The number of hydrogen-bond acceptors (Lipinski definition) is 1. The van der Waals surface area contributed by atoms with Gasteiger partial charge < -0.3 is 4.74 Å². The van der Waals surface area contributed by atoms with Crippen LogP contribution < -0.4 is 0 Å². The molecule has 0 atom stereocenters. The summed E-state index contributed by atoms with van der Waals surface area (Å²) in [5.41, 5.74) is 6.06. The number of rotatable bonds is 3. The van der Waals surface area contributed by atoms with E-state index in [9.17, 15) is 0 Å². The molecule has 0 fully saturated rings. The first-order valence-electron chi connectivity index (χ1n) is 5.94. The number of aryl methyl sites for hydroxylation is 2. The van der Waals surface area contributed by atoms with Crippen molar-refractivity contribution in [1.29, 1.82) is 0 Å². The van der Waals surface area contributed by atoms with Crippen LogP contribution in [0.3, 0.4) is 0 Å². The lowest BCUT2D eigenvalue weighted by molar-refractivity contribution is 0.112. The SMILES string of the molecule is CCc1cc2c(cc1CC)CC(OC)C2. The zero-order valence-electron chi connectivity index (χ0n) is 9.97. The molecule has 0 unspecified atom stereocenters. The number of hydrogen-bond donors (Lipinski definition) is 0. The molecule has 1 nitrogen and oxygen atoms in total. The molecule has 0 aromatic heterocycles. The highest BCUT2D eigenvalue weighted by Gasteiger charge is 2.21. The number of ether oxygens (including phenoxy) is 1. The van der Waals surface area contributed by atoms with E-state index in [1.165, 1.54) is 22.3 Å². The van der Waals surface area contributed by atoms with Crippen LogP contribution in [-0.2, 0) is 30.4 Å². The van der Waals surface area contributed by atoms with Gasteiger partial charge in [-0.2, -0.15) is 0 Å². The van der Waals surface area contributed by atoms with Gasteiger partial charge in [-0.05, 0) is 47.9 Å². The van der Waals surface area contributed by atoms with Gasteiger partial charge in [0.25, 0.3) is 0 Å². The third-order valence-electron chi connectivity index (χ3n) is 3.51. The highest BCUT2D eigenvalue weighted by molar-refractivity contribution is 5.42. The summed E-state index contributed by atoms with van der Waals surface area (Å²) in [6, 6.07) is 4.79. The molecule has 1 aromatic carbocycles. The molecule has 0 saturated carbocycles. The van der Waals surface area contributed by atoms with Crippen molar-refractivity contribution in [1.82, 2.24) is 0 Å². The van der Waals surface area contributed by atoms with Gasteiger partial charge >= 0.3 is 0 Å². The van der Waals surface area contributed by atoms with Crippen LogP contribution in [0.4, 0.5) is 0 Å². The summed E-state index contributed by atoms with van der Waals surface area (Å²) in [7, 11) is 1.82. The van der Waals surface area contributed by atoms with Crippen molar-refractivity contribution >= 4 is 0 Å². The number of fused-ring (bicyclic) bond motifs is 1. The monoisotopic (exact) mass is 204 g/mol. The van der Waals surface area contributed by atoms with E-state index < -0.39 is 0 Å². The van der Waals surface area contributed by atoms with E-state index in [1.54, 1.807) is 0 Å². The lowest BCUT2D eigenvalue weighted by atomic mass is 9.97. The fourth-order valence-electron chi connectivity index (χ4n) is 2.56. The Morgan fingerprint density at radius 1 is 1.07 bits per heavy atom. The third kappa shape index (κ3) is 1.93. The van der Waals surface area contributed by atoms with Crippen molar-refractivity contribution in [2.24, 2.45) is 0 Å². The molecule has 0 saturated heterocycles. The van der Waals surface area contributed by atoms with Crippen molar-refractivity contribution < 1.29 is 4.74 Å². The summed E-state index contributed by atoms with van der Waals surface area (Å²) >= 11 is 0. The first-order valence-corrected chi connectivity index (χ1v) is 5.94. The Morgan fingerprint density at radius 3 is 1.87 bits per heavy atom. The van der Waals surface area contributed by atoms with Gasteiger partial charge in [0, 0.05) is 7.11 Å². The molecule has 1 aliphatic rings. The summed E-state index contributed by atoms with van der Waals surface area (Å²) in [4.78, 5) is 0. The van der Waals surface area contributed by atoms with Gasteiger partial charge in [-0.15, -0.1) is 0 Å². The summed E-state index contributed by atoms with van der Waals surface area (Å²) in [6.07, 6.45) is 4.91. The second-order valence-electron chi connectivity index (χ2n) is 4.36. The first kappa shape index (κ1) is 10.7. The van der Waals surface area contributed by atoms with Crippen molar-refractivity contribution in [3.8, 4) is 0 Å². The maximum Gasteiger partial charge on any atom is 0.0652 e. The Balaban J connectivity index is 2.35. The second kappa shape index (κ2) is 4.36. The third-order valence-corrected chi connectivity index (χ3v) is 3.51. The summed E-state index contributed by atoms with van der Waals surface area (Å²) in [6.45, 7) is 4.48. The summed E-state index contributed by atoms with van der Waals surface area (Å²) in [5.74, 6) is 0. The van der Waals surface area contributed by atoms with Crippen LogP contribution in [0, 0.1) is 0 Å². The van der Waals surface area contributed by atoms with E-state index in [4.69, 9.17) is 4.74 Å². The number of benzene rings is 1. The van der Waals surface area contributed by atoms with E-state index in [0.717, 1.165) is 25.7 Å². The van der Waals surface area contributed by atoms with Gasteiger partial charge in [0.05, 0.1) is 6.10 Å². The zero-order chi connectivity index (χ0) is 10.8. The molecule has 0 amide bonds.